The highest BCUT2D eigenvalue weighted by Crippen LogP contribution is 2.31. The number of anilines is 2. The summed E-state index contributed by atoms with van der Waals surface area (Å²) < 4.78 is 20.1. The smallest absolute Gasteiger partial charge is 0.233 e. The number of benzene rings is 2. The van der Waals surface area contributed by atoms with Gasteiger partial charge in [-0.3, -0.25) is 9.59 Å². The van der Waals surface area contributed by atoms with Crippen molar-refractivity contribution in [1.82, 2.24) is 9.97 Å². The van der Waals surface area contributed by atoms with Crippen molar-refractivity contribution in [3.8, 4) is 11.5 Å². The van der Waals surface area contributed by atoms with Gasteiger partial charge in [-0.25, -0.2) is 9.37 Å². The Morgan fingerprint density at radius 3 is 2.47 bits per heavy atom. The zero-order valence-electron chi connectivity index (χ0n) is 15.7. The lowest BCUT2D eigenvalue weighted by molar-refractivity contribution is -0.123. The van der Waals surface area contributed by atoms with Gasteiger partial charge in [0.25, 0.3) is 0 Å². The first kappa shape index (κ1) is 19.1. The van der Waals surface area contributed by atoms with E-state index < -0.39 is 24.1 Å². The van der Waals surface area contributed by atoms with Crippen LogP contribution in [0, 0.1) is 5.82 Å². The molecule has 2 aromatic carbocycles. The van der Waals surface area contributed by atoms with E-state index in [-0.39, 0.29) is 11.4 Å². The molecule has 150 valence electrons. The highest BCUT2D eigenvalue weighted by atomic mass is 19.1. The summed E-state index contributed by atoms with van der Waals surface area (Å²) in [6.45, 7) is 0. The molecule has 8 heteroatoms. The molecule has 3 N–H and O–H groups in total. The lowest BCUT2D eigenvalue weighted by Crippen LogP contribution is -2.21. The highest BCUT2D eigenvalue weighted by molar-refractivity contribution is 6.08. The highest BCUT2D eigenvalue weighted by Gasteiger charge is 2.13. The molecular weight excluding hydrogens is 387 g/mol. The standard InChI is InChI=1S/C22H17FN4O3/c23-17-12-15(27-21(29)13-20(28)26-14-4-2-1-3-5-14)6-7-19(17)30-18-9-11-25-22-16(18)8-10-24-22/h1-12H,13H2,(H,24,25)(H,26,28)(H,27,29). The number of H-pyrrole nitrogens is 1. The van der Waals surface area contributed by atoms with Crippen LogP contribution in [-0.4, -0.2) is 21.8 Å². The van der Waals surface area contributed by atoms with E-state index in [2.05, 4.69) is 20.6 Å². The van der Waals surface area contributed by atoms with Crippen LogP contribution in [0.3, 0.4) is 0 Å². The Morgan fingerprint density at radius 1 is 0.933 bits per heavy atom. The third-order valence-electron chi connectivity index (χ3n) is 4.23. The minimum absolute atomic E-state index is 0.00326. The number of carbonyl (C=O) groups is 2. The number of carbonyl (C=O) groups excluding carboxylic acids is 2. The normalized spacial score (nSPS) is 10.6. The molecule has 2 aromatic heterocycles. The number of aromatic amines is 1. The van der Waals surface area contributed by atoms with Gasteiger partial charge in [0, 0.05) is 29.8 Å². The van der Waals surface area contributed by atoms with E-state index in [9.17, 15) is 14.0 Å². The van der Waals surface area contributed by atoms with Crippen LogP contribution in [0.15, 0.2) is 73.1 Å². The molecule has 0 saturated carbocycles. The van der Waals surface area contributed by atoms with Crippen molar-refractivity contribution >= 4 is 34.2 Å². The second-order valence-electron chi connectivity index (χ2n) is 6.44. The number of ether oxygens (including phenoxy) is 1. The number of para-hydroxylation sites is 1. The first-order valence-corrected chi connectivity index (χ1v) is 9.13. The van der Waals surface area contributed by atoms with Crippen molar-refractivity contribution in [2.45, 2.75) is 6.42 Å². The minimum Gasteiger partial charge on any atom is -0.453 e. The third-order valence-corrected chi connectivity index (χ3v) is 4.23. The number of aromatic nitrogens is 2. The molecule has 0 radical (unpaired) electrons. The summed E-state index contributed by atoms with van der Waals surface area (Å²) in [6.07, 6.45) is 2.88. The zero-order valence-corrected chi connectivity index (χ0v) is 15.7. The number of rotatable bonds is 6. The number of halogens is 1. The summed E-state index contributed by atoms with van der Waals surface area (Å²) in [5.41, 5.74) is 1.44. The molecule has 4 rings (SSSR count). The van der Waals surface area contributed by atoms with Gasteiger partial charge in [-0.15, -0.1) is 0 Å². The summed E-state index contributed by atoms with van der Waals surface area (Å²) in [6, 6.07) is 16.3. The summed E-state index contributed by atoms with van der Waals surface area (Å²) >= 11 is 0. The molecule has 0 aliphatic heterocycles. The van der Waals surface area contributed by atoms with Crippen molar-refractivity contribution in [1.29, 1.82) is 0 Å². The van der Waals surface area contributed by atoms with Gasteiger partial charge in [0.1, 0.15) is 17.8 Å². The van der Waals surface area contributed by atoms with Gasteiger partial charge >= 0.3 is 0 Å². The maximum Gasteiger partial charge on any atom is 0.233 e. The lowest BCUT2D eigenvalue weighted by atomic mass is 10.2. The van der Waals surface area contributed by atoms with E-state index in [1.165, 1.54) is 12.1 Å². The maximum atomic E-state index is 14.5. The minimum atomic E-state index is -0.651. The second kappa shape index (κ2) is 8.44. The van der Waals surface area contributed by atoms with Crippen molar-refractivity contribution in [2.24, 2.45) is 0 Å². The quantitative estimate of drug-likeness (QED) is 0.413. The van der Waals surface area contributed by atoms with E-state index >= 15 is 0 Å². The number of nitrogens with one attached hydrogen (secondary N) is 3. The predicted molar refractivity (Wildman–Crippen MR) is 111 cm³/mol. The molecule has 30 heavy (non-hydrogen) atoms. The van der Waals surface area contributed by atoms with Crippen LogP contribution in [0.5, 0.6) is 11.5 Å². The monoisotopic (exact) mass is 404 g/mol. The topological polar surface area (TPSA) is 96.1 Å². The van der Waals surface area contributed by atoms with Gasteiger partial charge < -0.3 is 20.4 Å². The molecule has 0 unspecified atom stereocenters. The van der Waals surface area contributed by atoms with Gasteiger partial charge in [-0.2, -0.15) is 0 Å². The fraction of sp³-hybridized carbons (Fsp3) is 0.0455. The van der Waals surface area contributed by atoms with Crippen LogP contribution in [-0.2, 0) is 9.59 Å². The molecule has 0 aliphatic carbocycles. The summed E-state index contributed by atoms with van der Waals surface area (Å²) in [5.74, 6) is -1.22. The van der Waals surface area contributed by atoms with E-state index in [0.717, 1.165) is 11.5 Å². The van der Waals surface area contributed by atoms with Gasteiger partial charge in [0.2, 0.25) is 11.8 Å². The Bertz CT molecular complexity index is 1210. The molecule has 2 heterocycles. The van der Waals surface area contributed by atoms with E-state index in [1.54, 1.807) is 48.8 Å². The summed E-state index contributed by atoms with van der Waals surface area (Å²) in [4.78, 5) is 31.1. The predicted octanol–water partition coefficient (Wildman–Crippen LogP) is 4.46. The van der Waals surface area contributed by atoms with Crippen LogP contribution >= 0.6 is 0 Å². The Morgan fingerprint density at radius 2 is 1.70 bits per heavy atom. The van der Waals surface area contributed by atoms with Crippen molar-refractivity contribution in [3.63, 3.8) is 0 Å². The SMILES string of the molecule is O=C(CC(=O)Nc1ccc(Oc2ccnc3[nH]ccc23)c(F)c1)Nc1ccccc1. The first-order valence-electron chi connectivity index (χ1n) is 9.13. The van der Waals surface area contributed by atoms with Crippen LogP contribution in [0.25, 0.3) is 11.0 Å². The molecule has 0 spiro atoms. The largest absolute Gasteiger partial charge is 0.453 e. The fourth-order valence-electron chi connectivity index (χ4n) is 2.88. The molecule has 0 fully saturated rings. The number of amides is 2. The molecule has 0 bridgehead atoms. The van der Waals surface area contributed by atoms with Crippen LogP contribution in [0.1, 0.15) is 6.42 Å². The summed E-state index contributed by atoms with van der Waals surface area (Å²) in [7, 11) is 0. The van der Waals surface area contributed by atoms with Crippen LogP contribution in [0.4, 0.5) is 15.8 Å². The number of nitrogens with zero attached hydrogens (tertiary/aromatic N) is 1. The third kappa shape index (κ3) is 4.44. The molecule has 0 aliphatic rings. The van der Waals surface area contributed by atoms with Gasteiger partial charge in [0.05, 0.1) is 5.39 Å². The van der Waals surface area contributed by atoms with E-state index in [4.69, 9.17) is 4.74 Å². The molecule has 0 atom stereocenters. The molecule has 4 aromatic rings. The summed E-state index contributed by atoms with van der Waals surface area (Å²) in [5, 5.41) is 5.84. The average Bonchev–Trinajstić information content (AvgIpc) is 3.20. The van der Waals surface area contributed by atoms with Crippen LogP contribution < -0.4 is 15.4 Å². The Balaban J connectivity index is 1.39. The zero-order chi connectivity index (χ0) is 20.9. The Kier molecular flexibility index (Phi) is 5.38. The van der Waals surface area contributed by atoms with Gasteiger partial charge in [-0.1, -0.05) is 18.2 Å². The Hall–Kier alpha value is -4.20. The maximum absolute atomic E-state index is 14.5. The number of hydrogen-bond donors (Lipinski definition) is 3. The molecular formula is C22H17FN4O3. The van der Waals surface area contributed by atoms with Crippen molar-refractivity contribution in [2.75, 3.05) is 10.6 Å². The van der Waals surface area contributed by atoms with Crippen LogP contribution in [0.2, 0.25) is 0 Å². The number of hydrogen-bond acceptors (Lipinski definition) is 4. The molecule has 7 nitrogen and oxygen atoms in total. The number of fused-ring (bicyclic) bond motifs is 1. The van der Waals surface area contributed by atoms with E-state index in [0.29, 0.717) is 17.1 Å². The second-order valence-corrected chi connectivity index (χ2v) is 6.44. The average molecular weight is 404 g/mol. The molecule has 0 saturated heterocycles. The Labute approximate surface area is 170 Å². The fourth-order valence-corrected chi connectivity index (χ4v) is 2.88. The first-order chi connectivity index (χ1) is 14.6. The van der Waals surface area contributed by atoms with E-state index in [1.807, 2.05) is 6.07 Å². The lowest BCUT2D eigenvalue weighted by Gasteiger charge is -2.10. The number of pyridine rings is 1. The van der Waals surface area contributed by atoms with Crippen molar-refractivity contribution in [3.05, 3.63) is 78.9 Å². The van der Waals surface area contributed by atoms with Crippen molar-refractivity contribution < 1.29 is 18.7 Å². The molecule has 2 amide bonds. The van der Waals surface area contributed by atoms with Gasteiger partial charge in [-0.05, 0) is 36.4 Å². The van der Waals surface area contributed by atoms with Gasteiger partial charge in [0.15, 0.2) is 11.6 Å².